The van der Waals surface area contributed by atoms with Crippen molar-refractivity contribution in [1.29, 1.82) is 0 Å². The normalized spacial score (nSPS) is 11.2. The van der Waals surface area contributed by atoms with Crippen molar-refractivity contribution < 1.29 is 0 Å². The zero-order valence-corrected chi connectivity index (χ0v) is 15.1. The lowest BCUT2D eigenvalue weighted by Gasteiger charge is -2.05. The van der Waals surface area contributed by atoms with Crippen LogP contribution in [0.4, 0.5) is 0 Å². The average molecular weight is 336 g/mol. The highest BCUT2D eigenvalue weighted by Crippen LogP contribution is 2.23. The van der Waals surface area contributed by atoms with Gasteiger partial charge in [0.25, 0.3) is 0 Å². The molecule has 0 aliphatic heterocycles. The lowest BCUT2D eigenvalue weighted by molar-refractivity contribution is 0.549. The lowest BCUT2D eigenvalue weighted by Crippen LogP contribution is -2.16. The van der Waals surface area contributed by atoms with Crippen LogP contribution in [0.25, 0.3) is 22.2 Å². The lowest BCUT2D eigenvalue weighted by atomic mass is 10.1. The van der Waals surface area contributed by atoms with Crippen molar-refractivity contribution in [2.75, 3.05) is 0 Å². The first kappa shape index (κ1) is 17.5. The van der Waals surface area contributed by atoms with E-state index in [-0.39, 0.29) is 5.69 Å². The molecule has 0 spiro atoms. The molecule has 0 amide bonds. The molecule has 2 aromatic carbocycles. The third kappa shape index (κ3) is 4.41. The minimum atomic E-state index is 0.00574. The fourth-order valence-corrected chi connectivity index (χ4v) is 3.42. The number of aryl methyl sites for hydroxylation is 1. The molecule has 0 saturated carbocycles. The maximum atomic E-state index is 12.3. The Morgan fingerprint density at radius 3 is 2.32 bits per heavy atom. The summed E-state index contributed by atoms with van der Waals surface area (Å²) in [5.74, 6) is 0. The predicted molar refractivity (Wildman–Crippen MR) is 106 cm³/mol. The SMILES string of the molecule is CCCCCCCCCn1c(=O)[nH]c2cc(-c3ccccc3)ccc21. The van der Waals surface area contributed by atoms with Crippen LogP contribution in [0.1, 0.15) is 51.9 Å². The molecule has 0 fully saturated rings. The number of H-pyrrole nitrogens is 1. The molecule has 3 rings (SSSR count). The van der Waals surface area contributed by atoms with Gasteiger partial charge in [-0.25, -0.2) is 4.79 Å². The quantitative estimate of drug-likeness (QED) is 0.497. The topological polar surface area (TPSA) is 37.8 Å². The van der Waals surface area contributed by atoms with Crippen LogP contribution in [0.3, 0.4) is 0 Å². The molecule has 132 valence electrons. The van der Waals surface area contributed by atoms with Gasteiger partial charge in [0, 0.05) is 6.54 Å². The van der Waals surface area contributed by atoms with E-state index in [9.17, 15) is 4.79 Å². The van der Waals surface area contributed by atoms with Gasteiger partial charge in [0.05, 0.1) is 11.0 Å². The van der Waals surface area contributed by atoms with Crippen molar-refractivity contribution in [2.45, 2.75) is 58.4 Å². The van der Waals surface area contributed by atoms with Gasteiger partial charge in [0.1, 0.15) is 0 Å². The number of hydrogen-bond acceptors (Lipinski definition) is 1. The summed E-state index contributed by atoms with van der Waals surface area (Å²) in [4.78, 5) is 15.3. The molecule has 0 bridgehead atoms. The van der Waals surface area contributed by atoms with Crippen molar-refractivity contribution in [3.63, 3.8) is 0 Å². The number of aromatic amines is 1. The first-order valence-electron chi connectivity index (χ1n) is 9.57. The minimum Gasteiger partial charge on any atom is -0.306 e. The molecule has 0 aliphatic carbocycles. The summed E-state index contributed by atoms with van der Waals surface area (Å²) in [5, 5.41) is 0. The molecule has 0 atom stereocenters. The largest absolute Gasteiger partial charge is 0.326 e. The third-order valence-electron chi connectivity index (χ3n) is 4.87. The van der Waals surface area contributed by atoms with E-state index in [0.717, 1.165) is 29.6 Å². The number of nitrogens with one attached hydrogen (secondary N) is 1. The van der Waals surface area contributed by atoms with Crippen molar-refractivity contribution in [1.82, 2.24) is 9.55 Å². The smallest absolute Gasteiger partial charge is 0.306 e. The summed E-state index contributed by atoms with van der Waals surface area (Å²) in [6, 6.07) is 16.5. The van der Waals surface area contributed by atoms with Crippen LogP contribution in [0, 0.1) is 0 Å². The Morgan fingerprint density at radius 2 is 1.56 bits per heavy atom. The highest BCUT2D eigenvalue weighted by molar-refractivity contribution is 5.82. The Hall–Kier alpha value is -2.29. The second kappa shape index (κ2) is 8.70. The number of benzene rings is 2. The summed E-state index contributed by atoms with van der Waals surface area (Å²) in [6.07, 6.45) is 8.82. The van der Waals surface area contributed by atoms with Crippen LogP contribution >= 0.6 is 0 Å². The maximum absolute atomic E-state index is 12.3. The fourth-order valence-electron chi connectivity index (χ4n) is 3.42. The number of rotatable bonds is 9. The van der Waals surface area contributed by atoms with Crippen molar-refractivity contribution in [3.8, 4) is 11.1 Å². The van der Waals surface area contributed by atoms with E-state index >= 15 is 0 Å². The van der Waals surface area contributed by atoms with E-state index in [2.05, 4.69) is 42.2 Å². The summed E-state index contributed by atoms with van der Waals surface area (Å²) in [6.45, 7) is 3.05. The fraction of sp³-hybridized carbons (Fsp3) is 0.409. The van der Waals surface area contributed by atoms with Gasteiger partial charge in [0.2, 0.25) is 0 Å². The van der Waals surface area contributed by atoms with E-state index in [1.807, 2.05) is 22.8 Å². The van der Waals surface area contributed by atoms with Gasteiger partial charge >= 0.3 is 5.69 Å². The number of imidazole rings is 1. The van der Waals surface area contributed by atoms with E-state index in [1.165, 1.54) is 44.1 Å². The van der Waals surface area contributed by atoms with Gasteiger partial charge in [-0.1, -0.05) is 81.8 Å². The highest BCUT2D eigenvalue weighted by atomic mass is 16.1. The second-order valence-corrected chi connectivity index (χ2v) is 6.80. The molecular weight excluding hydrogens is 308 g/mol. The van der Waals surface area contributed by atoms with Crippen molar-refractivity contribution in [3.05, 3.63) is 59.0 Å². The molecule has 3 nitrogen and oxygen atoms in total. The van der Waals surface area contributed by atoms with E-state index in [1.54, 1.807) is 0 Å². The molecule has 0 aliphatic rings. The molecule has 0 saturated heterocycles. The van der Waals surface area contributed by atoms with Crippen molar-refractivity contribution in [2.24, 2.45) is 0 Å². The Kier molecular flexibility index (Phi) is 6.10. The Labute approximate surface area is 149 Å². The van der Waals surface area contributed by atoms with Crippen molar-refractivity contribution >= 4 is 11.0 Å². The van der Waals surface area contributed by atoms with Gasteiger partial charge in [-0.15, -0.1) is 0 Å². The molecule has 1 N–H and O–H groups in total. The maximum Gasteiger partial charge on any atom is 0.326 e. The van der Waals surface area contributed by atoms with Gasteiger partial charge in [-0.3, -0.25) is 4.57 Å². The summed E-state index contributed by atoms with van der Waals surface area (Å²) >= 11 is 0. The molecule has 0 unspecified atom stereocenters. The Bertz CT molecular complexity index is 845. The molecule has 1 heterocycles. The first-order chi connectivity index (χ1) is 12.3. The van der Waals surface area contributed by atoms with Gasteiger partial charge in [0.15, 0.2) is 0 Å². The predicted octanol–water partition coefficient (Wildman–Crippen LogP) is 5.75. The van der Waals surface area contributed by atoms with E-state index in [0.29, 0.717) is 0 Å². The molecule has 25 heavy (non-hydrogen) atoms. The number of hydrogen-bond donors (Lipinski definition) is 1. The highest BCUT2D eigenvalue weighted by Gasteiger charge is 2.08. The molecule has 0 radical (unpaired) electrons. The van der Waals surface area contributed by atoms with Crippen LogP contribution in [0.15, 0.2) is 53.3 Å². The molecular formula is C22H28N2O. The van der Waals surface area contributed by atoms with E-state index in [4.69, 9.17) is 0 Å². The third-order valence-corrected chi connectivity index (χ3v) is 4.87. The number of aromatic nitrogens is 2. The monoisotopic (exact) mass is 336 g/mol. The first-order valence-corrected chi connectivity index (χ1v) is 9.57. The summed E-state index contributed by atoms with van der Waals surface area (Å²) in [7, 11) is 0. The van der Waals surface area contributed by atoms with Crippen LogP contribution < -0.4 is 5.69 Å². The summed E-state index contributed by atoms with van der Waals surface area (Å²) in [5.41, 5.74) is 4.25. The van der Waals surface area contributed by atoms with Gasteiger partial charge < -0.3 is 4.98 Å². The number of unbranched alkanes of at least 4 members (excludes halogenated alkanes) is 6. The minimum absolute atomic E-state index is 0.00574. The zero-order chi connectivity index (χ0) is 17.5. The zero-order valence-electron chi connectivity index (χ0n) is 15.1. The Morgan fingerprint density at radius 1 is 0.840 bits per heavy atom. The second-order valence-electron chi connectivity index (χ2n) is 6.80. The van der Waals surface area contributed by atoms with Crippen LogP contribution in [-0.4, -0.2) is 9.55 Å². The Balaban J connectivity index is 1.66. The molecule has 1 aromatic heterocycles. The van der Waals surface area contributed by atoms with Crippen LogP contribution in [0.5, 0.6) is 0 Å². The number of fused-ring (bicyclic) bond motifs is 1. The van der Waals surface area contributed by atoms with Gasteiger partial charge in [-0.05, 0) is 29.7 Å². The standard InChI is InChI=1S/C22H28N2O/c1-2-3-4-5-6-7-11-16-24-21-15-14-19(17-20(21)23-22(24)25)18-12-9-8-10-13-18/h8-10,12-15,17H,2-7,11,16H2,1H3,(H,23,25). The van der Waals surface area contributed by atoms with Crippen LogP contribution in [0.2, 0.25) is 0 Å². The van der Waals surface area contributed by atoms with Gasteiger partial charge in [-0.2, -0.15) is 0 Å². The molecule has 3 heteroatoms. The number of nitrogens with zero attached hydrogens (tertiary/aromatic N) is 1. The van der Waals surface area contributed by atoms with E-state index < -0.39 is 0 Å². The average Bonchev–Trinajstić information content (AvgIpc) is 2.96. The molecule has 3 aromatic rings. The summed E-state index contributed by atoms with van der Waals surface area (Å²) < 4.78 is 1.89. The van der Waals surface area contributed by atoms with Crippen LogP contribution in [-0.2, 0) is 6.54 Å².